The number of piperazine rings is 1. The highest BCUT2D eigenvalue weighted by Crippen LogP contribution is 2.32. The average Bonchev–Trinajstić information content (AvgIpc) is 3.03. The SMILES string of the molecule is CC1(c2ccccc2)NC(=O)N(CC(=O)N2CCN(c3cccc(C(F)(F)F)c3)CC2)C1=O. The number of amides is 4. The quantitative estimate of drug-likeness (QED) is 0.713. The van der Waals surface area contributed by atoms with Crippen LogP contribution in [0.2, 0.25) is 0 Å². The summed E-state index contributed by atoms with van der Waals surface area (Å²) in [6.45, 7) is 2.44. The van der Waals surface area contributed by atoms with E-state index in [2.05, 4.69) is 5.32 Å². The summed E-state index contributed by atoms with van der Waals surface area (Å²) in [5, 5.41) is 2.67. The number of alkyl halides is 3. The molecule has 1 N–H and O–H groups in total. The standard InChI is InChI=1S/C23H23F3N4O3/c1-22(16-6-3-2-4-7-16)20(32)30(21(33)27-22)15-19(31)29-12-10-28(11-13-29)18-9-5-8-17(14-18)23(24,25)26/h2-9,14H,10-13,15H2,1H3,(H,27,33). The van der Waals surface area contributed by atoms with Crippen LogP contribution in [0.25, 0.3) is 0 Å². The van der Waals surface area contributed by atoms with Crippen molar-refractivity contribution in [2.45, 2.75) is 18.6 Å². The second kappa shape index (κ2) is 8.42. The van der Waals surface area contributed by atoms with E-state index >= 15 is 0 Å². The lowest BCUT2D eigenvalue weighted by atomic mass is 9.92. The average molecular weight is 460 g/mol. The molecule has 7 nitrogen and oxygen atoms in total. The minimum atomic E-state index is -4.43. The van der Waals surface area contributed by atoms with Crippen LogP contribution in [0.3, 0.4) is 0 Å². The predicted octanol–water partition coefficient (Wildman–Crippen LogP) is 2.82. The second-order valence-electron chi connectivity index (χ2n) is 8.23. The van der Waals surface area contributed by atoms with Gasteiger partial charge in [-0.2, -0.15) is 13.2 Å². The van der Waals surface area contributed by atoms with E-state index in [4.69, 9.17) is 0 Å². The molecule has 4 rings (SSSR count). The molecule has 0 aromatic heterocycles. The molecule has 2 aromatic carbocycles. The van der Waals surface area contributed by atoms with Crippen LogP contribution in [0, 0.1) is 0 Å². The lowest BCUT2D eigenvalue weighted by Gasteiger charge is -2.36. The molecule has 2 aromatic rings. The topological polar surface area (TPSA) is 73.0 Å². The van der Waals surface area contributed by atoms with Crippen molar-refractivity contribution in [2.75, 3.05) is 37.6 Å². The molecular formula is C23H23F3N4O3. The predicted molar refractivity (Wildman–Crippen MR) is 114 cm³/mol. The van der Waals surface area contributed by atoms with E-state index < -0.39 is 35.8 Å². The Labute approximate surface area is 188 Å². The molecule has 0 saturated carbocycles. The van der Waals surface area contributed by atoms with Crippen molar-refractivity contribution in [3.63, 3.8) is 0 Å². The molecule has 0 radical (unpaired) electrons. The van der Waals surface area contributed by atoms with E-state index in [1.807, 2.05) is 0 Å². The molecule has 0 spiro atoms. The smallest absolute Gasteiger partial charge is 0.368 e. The Morgan fingerprint density at radius 2 is 1.67 bits per heavy atom. The maximum Gasteiger partial charge on any atom is 0.416 e. The number of anilines is 1. The van der Waals surface area contributed by atoms with Crippen LogP contribution >= 0.6 is 0 Å². The zero-order chi connectivity index (χ0) is 23.8. The first kappa shape index (κ1) is 22.6. The lowest BCUT2D eigenvalue weighted by Crippen LogP contribution is -2.52. The molecule has 2 saturated heterocycles. The Bertz CT molecular complexity index is 1070. The van der Waals surface area contributed by atoms with Gasteiger partial charge in [0.05, 0.1) is 5.56 Å². The summed E-state index contributed by atoms with van der Waals surface area (Å²) in [5.74, 6) is -0.894. The number of carbonyl (C=O) groups excluding carboxylic acids is 3. The van der Waals surface area contributed by atoms with Crippen LogP contribution in [-0.2, 0) is 21.3 Å². The second-order valence-corrected chi connectivity index (χ2v) is 8.23. The Balaban J connectivity index is 1.38. The van der Waals surface area contributed by atoms with Gasteiger partial charge in [0.15, 0.2) is 0 Å². The summed E-state index contributed by atoms with van der Waals surface area (Å²) in [4.78, 5) is 42.5. The third kappa shape index (κ3) is 4.37. The normalized spacial score (nSPS) is 21.4. The third-order valence-corrected chi connectivity index (χ3v) is 6.09. The van der Waals surface area contributed by atoms with Gasteiger partial charge in [0, 0.05) is 31.9 Å². The zero-order valence-electron chi connectivity index (χ0n) is 17.9. The number of hydrogen-bond acceptors (Lipinski definition) is 4. The number of nitrogens with one attached hydrogen (secondary N) is 1. The first-order valence-corrected chi connectivity index (χ1v) is 10.5. The number of halogens is 3. The molecule has 10 heteroatoms. The lowest BCUT2D eigenvalue weighted by molar-refractivity contribution is -0.139. The molecule has 4 amide bonds. The highest BCUT2D eigenvalue weighted by Gasteiger charge is 2.49. The molecule has 0 bridgehead atoms. The molecule has 1 atom stereocenters. The summed E-state index contributed by atoms with van der Waals surface area (Å²) < 4.78 is 39.0. The number of imide groups is 1. The maximum absolute atomic E-state index is 13.0. The molecule has 33 heavy (non-hydrogen) atoms. The minimum absolute atomic E-state index is 0.273. The molecular weight excluding hydrogens is 437 g/mol. The maximum atomic E-state index is 13.0. The Morgan fingerprint density at radius 1 is 1.00 bits per heavy atom. The van der Waals surface area contributed by atoms with Crippen molar-refractivity contribution < 1.29 is 27.6 Å². The highest BCUT2D eigenvalue weighted by molar-refractivity contribution is 6.09. The van der Waals surface area contributed by atoms with Crippen molar-refractivity contribution in [1.82, 2.24) is 15.1 Å². The molecule has 2 heterocycles. The van der Waals surface area contributed by atoms with Crippen LogP contribution in [0.1, 0.15) is 18.1 Å². The van der Waals surface area contributed by atoms with Crippen molar-refractivity contribution in [3.05, 3.63) is 65.7 Å². The minimum Gasteiger partial charge on any atom is -0.368 e. The number of nitrogens with zero attached hydrogens (tertiary/aromatic N) is 3. The molecule has 1 unspecified atom stereocenters. The number of rotatable bonds is 4. The third-order valence-electron chi connectivity index (χ3n) is 6.09. The van der Waals surface area contributed by atoms with E-state index in [9.17, 15) is 27.6 Å². The van der Waals surface area contributed by atoms with Crippen molar-refractivity contribution in [2.24, 2.45) is 0 Å². The van der Waals surface area contributed by atoms with Crippen LogP contribution in [0.4, 0.5) is 23.7 Å². The van der Waals surface area contributed by atoms with Crippen LogP contribution in [-0.4, -0.2) is 60.4 Å². The Kier molecular flexibility index (Phi) is 5.77. The van der Waals surface area contributed by atoms with E-state index in [0.29, 0.717) is 24.3 Å². The number of urea groups is 1. The fraction of sp³-hybridized carbons (Fsp3) is 0.348. The fourth-order valence-electron chi connectivity index (χ4n) is 4.14. The summed E-state index contributed by atoms with van der Waals surface area (Å²) in [5.41, 5.74) is -0.919. The Hall–Kier alpha value is -3.56. The first-order valence-electron chi connectivity index (χ1n) is 10.5. The van der Waals surface area contributed by atoms with Gasteiger partial charge < -0.3 is 15.1 Å². The monoisotopic (exact) mass is 460 g/mol. The molecule has 2 aliphatic rings. The van der Waals surface area contributed by atoms with Gasteiger partial charge in [-0.3, -0.25) is 14.5 Å². The molecule has 174 valence electrons. The Morgan fingerprint density at radius 3 is 2.30 bits per heavy atom. The molecule has 0 aliphatic carbocycles. The number of benzene rings is 2. The molecule has 2 fully saturated rings. The largest absolute Gasteiger partial charge is 0.416 e. The summed E-state index contributed by atoms with van der Waals surface area (Å²) in [6.07, 6.45) is -4.43. The van der Waals surface area contributed by atoms with Crippen LogP contribution in [0.15, 0.2) is 54.6 Å². The van der Waals surface area contributed by atoms with E-state index in [1.165, 1.54) is 11.0 Å². The van der Waals surface area contributed by atoms with Gasteiger partial charge in [-0.15, -0.1) is 0 Å². The summed E-state index contributed by atoms with van der Waals surface area (Å²) in [7, 11) is 0. The van der Waals surface area contributed by atoms with Gasteiger partial charge in [-0.05, 0) is 30.7 Å². The first-order chi connectivity index (χ1) is 15.6. The van der Waals surface area contributed by atoms with Gasteiger partial charge >= 0.3 is 12.2 Å². The highest BCUT2D eigenvalue weighted by atomic mass is 19.4. The number of carbonyl (C=O) groups is 3. The molecule has 2 aliphatic heterocycles. The summed E-state index contributed by atoms with van der Waals surface area (Å²) in [6, 6.07) is 13.2. The van der Waals surface area contributed by atoms with Crippen molar-refractivity contribution >= 4 is 23.5 Å². The van der Waals surface area contributed by atoms with Gasteiger partial charge in [-0.25, -0.2) is 4.79 Å². The van der Waals surface area contributed by atoms with E-state index in [0.717, 1.165) is 17.0 Å². The fourth-order valence-corrected chi connectivity index (χ4v) is 4.14. The van der Waals surface area contributed by atoms with Crippen LogP contribution in [0.5, 0.6) is 0 Å². The zero-order valence-corrected chi connectivity index (χ0v) is 17.9. The van der Waals surface area contributed by atoms with Gasteiger partial charge in [0.25, 0.3) is 5.91 Å². The van der Waals surface area contributed by atoms with E-state index in [1.54, 1.807) is 48.2 Å². The van der Waals surface area contributed by atoms with Gasteiger partial charge in [-0.1, -0.05) is 36.4 Å². The summed E-state index contributed by atoms with van der Waals surface area (Å²) >= 11 is 0. The van der Waals surface area contributed by atoms with Crippen molar-refractivity contribution in [3.8, 4) is 0 Å². The van der Waals surface area contributed by atoms with Gasteiger partial charge in [0.1, 0.15) is 12.1 Å². The van der Waals surface area contributed by atoms with E-state index in [-0.39, 0.29) is 19.0 Å². The van der Waals surface area contributed by atoms with Crippen LogP contribution < -0.4 is 10.2 Å². The van der Waals surface area contributed by atoms with Gasteiger partial charge in [0.2, 0.25) is 5.91 Å². The van der Waals surface area contributed by atoms with Crippen molar-refractivity contribution in [1.29, 1.82) is 0 Å². The number of hydrogen-bond donors (Lipinski definition) is 1.